The monoisotopic (exact) mass is 564 g/mol. The maximum atomic E-state index is 12.5. The molecular formula is C28H28N4O9. The van der Waals surface area contributed by atoms with E-state index in [2.05, 4.69) is 15.8 Å². The molecule has 0 heterocycles. The van der Waals surface area contributed by atoms with Gasteiger partial charge in [0.05, 0.1) is 38.0 Å². The second kappa shape index (κ2) is 14.6. The number of carbonyl (C=O) groups excluding carboxylic acids is 3. The van der Waals surface area contributed by atoms with Crippen molar-refractivity contribution in [3.05, 3.63) is 87.5 Å². The van der Waals surface area contributed by atoms with E-state index in [1.54, 1.807) is 18.2 Å². The summed E-state index contributed by atoms with van der Waals surface area (Å²) in [4.78, 5) is 47.2. The van der Waals surface area contributed by atoms with E-state index in [0.717, 1.165) is 0 Å². The van der Waals surface area contributed by atoms with Crippen LogP contribution >= 0.6 is 0 Å². The second-order valence-corrected chi connectivity index (χ2v) is 8.33. The number of hydrogen-bond acceptors (Lipinski definition) is 10. The van der Waals surface area contributed by atoms with Gasteiger partial charge in [-0.2, -0.15) is 5.10 Å². The Morgan fingerprint density at radius 3 is 2.22 bits per heavy atom. The molecule has 3 aromatic rings. The molecule has 0 atom stereocenters. The number of ether oxygens (including phenoxy) is 4. The Morgan fingerprint density at radius 1 is 0.927 bits per heavy atom. The summed E-state index contributed by atoms with van der Waals surface area (Å²) in [6.45, 7) is 0.245. The summed E-state index contributed by atoms with van der Waals surface area (Å²) in [6, 6.07) is 14.5. The first-order chi connectivity index (χ1) is 19.7. The topological polar surface area (TPSA) is 168 Å². The lowest BCUT2D eigenvalue weighted by Crippen LogP contribution is -2.26. The minimum atomic E-state index is -0.681. The van der Waals surface area contributed by atoms with Crippen LogP contribution in [0.5, 0.6) is 23.0 Å². The fraction of sp³-hybridized carbons (Fsp3) is 0.214. The molecule has 0 spiro atoms. The van der Waals surface area contributed by atoms with E-state index in [-0.39, 0.29) is 41.8 Å². The Hall–Kier alpha value is -5.46. The summed E-state index contributed by atoms with van der Waals surface area (Å²) in [6.07, 6.45) is 1.86. The zero-order chi connectivity index (χ0) is 29.8. The highest BCUT2D eigenvalue weighted by molar-refractivity contribution is 5.95. The van der Waals surface area contributed by atoms with E-state index in [1.165, 1.54) is 70.0 Å². The van der Waals surface area contributed by atoms with Gasteiger partial charge in [-0.25, -0.2) is 10.2 Å². The molecule has 3 aromatic carbocycles. The molecule has 0 fully saturated rings. The summed E-state index contributed by atoms with van der Waals surface area (Å²) >= 11 is 0. The number of benzene rings is 3. The highest BCUT2D eigenvalue weighted by Crippen LogP contribution is 2.38. The number of hydrogen-bond donors (Lipinski definition) is 2. The van der Waals surface area contributed by atoms with E-state index >= 15 is 0 Å². The van der Waals surface area contributed by atoms with Crippen LogP contribution in [0.4, 0.5) is 5.69 Å². The number of carbonyl (C=O) groups is 3. The van der Waals surface area contributed by atoms with Crippen LogP contribution in [0.3, 0.4) is 0 Å². The van der Waals surface area contributed by atoms with Gasteiger partial charge in [0.1, 0.15) is 5.75 Å². The van der Waals surface area contributed by atoms with Crippen molar-refractivity contribution in [3.8, 4) is 23.0 Å². The molecule has 0 aliphatic heterocycles. The quantitative estimate of drug-likeness (QED) is 0.0788. The Kier molecular flexibility index (Phi) is 10.7. The van der Waals surface area contributed by atoms with Crippen molar-refractivity contribution in [2.45, 2.75) is 12.8 Å². The molecule has 0 aliphatic carbocycles. The largest absolute Gasteiger partial charge is 0.493 e. The van der Waals surface area contributed by atoms with E-state index < -0.39 is 10.9 Å². The number of non-ortho nitro benzene ring substituents is 1. The molecule has 0 bridgehead atoms. The maximum Gasteiger partial charge on any atom is 0.343 e. The van der Waals surface area contributed by atoms with Crippen molar-refractivity contribution in [1.29, 1.82) is 0 Å². The molecule has 2 amide bonds. The molecule has 13 heteroatoms. The van der Waals surface area contributed by atoms with Gasteiger partial charge in [0.25, 0.3) is 11.6 Å². The van der Waals surface area contributed by atoms with Crippen LogP contribution in [-0.4, -0.2) is 56.8 Å². The van der Waals surface area contributed by atoms with Crippen LogP contribution in [0.15, 0.2) is 65.8 Å². The molecule has 0 saturated carbocycles. The highest BCUT2D eigenvalue weighted by atomic mass is 16.6. The van der Waals surface area contributed by atoms with E-state index in [1.807, 2.05) is 0 Å². The molecule has 0 saturated heterocycles. The molecule has 214 valence electrons. The summed E-state index contributed by atoms with van der Waals surface area (Å²) in [5.41, 5.74) is 3.29. The van der Waals surface area contributed by atoms with Crippen LogP contribution in [-0.2, 0) is 4.79 Å². The number of methoxy groups -OCH3 is 3. The van der Waals surface area contributed by atoms with Crippen LogP contribution in [0.1, 0.15) is 39.1 Å². The third-order valence-corrected chi connectivity index (χ3v) is 5.58. The van der Waals surface area contributed by atoms with Crippen molar-refractivity contribution in [2.75, 3.05) is 27.9 Å². The van der Waals surface area contributed by atoms with Crippen molar-refractivity contribution in [2.24, 2.45) is 5.10 Å². The Labute approximate surface area is 235 Å². The minimum absolute atomic E-state index is 0.111. The fourth-order valence-corrected chi connectivity index (χ4v) is 3.54. The first-order valence-corrected chi connectivity index (χ1v) is 12.2. The van der Waals surface area contributed by atoms with Crippen LogP contribution < -0.4 is 29.7 Å². The smallest absolute Gasteiger partial charge is 0.343 e. The van der Waals surface area contributed by atoms with Gasteiger partial charge in [0, 0.05) is 30.7 Å². The van der Waals surface area contributed by atoms with Gasteiger partial charge >= 0.3 is 5.97 Å². The first kappa shape index (κ1) is 30.1. The number of hydrazone groups is 1. The van der Waals surface area contributed by atoms with Gasteiger partial charge in [0.15, 0.2) is 11.5 Å². The van der Waals surface area contributed by atoms with Gasteiger partial charge in [-0.1, -0.05) is 12.1 Å². The Morgan fingerprint density at radius 2 is 1.61 bits per heavy atom. The van der Waals surface area contributed by atoms with Crippen LogP contribution in [0, 0.1) is 10.1 Å². The molecular weight excluding hydrogens is 536 g/mol. The second-order valence-electron chi connectivity index (χ2n) is 8.33. The molecule has 13 nitrogen and oxygen atoms in total. The average Bonchev–Trinajstić information content (AvgIpc) is 2.98. The predicted molar refractivity (Wildman–Crippen MR) is 148 cm³/mol. The van der Waals surface area contributed by atoms with Crippen molar-refractivity contribution in [1.82, 2.24) is 10.7 Å². The highest BCUT2D eigenvalue weighted by Gasteiger charge is 2.17. The number of nitrogens with zero attached hydrogens (tertiary/aromatic N) is 2. The molecule has 41 heavy (non-hydrogen) atoms. The number of nitro benzene ring substituents is 1. The third kappa shape index (κ3) is 8.51. The lowest BCUT2D eigenvalue weighted by Gasteiger charge is -2.14. The number of nitro groups is 1. The zero-order valence-corrected chi connectivity index (χ0v) is 22.5. The van der Waals surface area contributed by atoms with E-state index in [0.29, 0.717) is 34.8 Å². The maximum absolute atomic E-state index is 12.5. The summed E-state index contributed by atoms with van der Waals surface area (Å²) < 4.78 is 21.1. The number of nitrogens with one attached hydrogen (secondary N) is 2. The lowest BCUT2D eigenvalue weighted by atomic mass is 10.1. The zero-order valence-electron chi connectivity index (χ0n) is 22.5. The standard InChI is InChI=1S/C28H28N4O9/c1-38-23-15-20(16-24(39-2)26(23)40-3)27(34)29-13-5-8-25(33)31-30-17-18-6-4-7-22(14-18)41-28(35)19-9-11-21(12-10-19)32(36)37/h4,6-7,9-12,14-17H,5,8,13H2,1-3H3,(H,29,34)(H,31,33). The molecule has 3 rings (SSSR count). The van der Waals surface area contributed by atoms with E-state index in [9.17, 15) is 24.5 Å². The SMILES string of the molecule is COc1cc(C(=O)NCCCC(=O)NN=Cc2cccc(OC(=O)c3ccc([N+](=O)[O-])cc3)c2)cc(OC)c1OC. The summed E-state index contributed by atoms with van der Waals surface area (Å²) in [7, 11) is 4.38. The molecule has 0 unspecified atom stereocenters. The van der Waals surface area contributed by atoms with Crippen molar-refractivity contribution in [3.63, 3.8) is 0 Å². The van der Waals surface area contributed by atoms with Crippen molar-refractivity contribution < 1.29 is 38.3 Å². The number of rotatable bonds is 13. The molecule has 0 aromatic heterocycles. The van der Waals surface area contributed by atoms with Crippen molar-refractivity contribution >= 4 is 29.7 Å². The third-order valence-electron chi connectivity index (χ3n) is 5.58. The predicted octanol–water partition coefficient (Wildman–Crippen LogP) is 3.50. The minimum Gasteiger partial charge on any atom is -0.493 e. The molecule has 0 aliphatic rings. The van der Waals surface area contributed by atoms with Gasteiger partial charge in [-0.05, 0) is 48.4 Å². The number of amides is 2. The summed E-state index contributed by atoms with van der Waals surface area (Å²) in [5.74, 6) is -0.101. The normalized spacial score (nSPS) is 10.5. The summed E-state index contributed by atoms with van der Waals surface area (Å²) in [5, 5.41) is 17.4. The van der Waals surface area contributed by atoms with Crippen LogP contribution in [0.25, 0.3) is 0 Å². The Balaban J connectivity index is 1.44. The number of esters is 1. The lowest BCUT2D eigenvalue weighted by molar-refractivity contribution is -0.384. The van der Waals surface area contributed by atoms with Gasteiger partial charge < -0.3 is 24.3 Å². The van der Waals surface area contributed by atoms with Crippen LogP contribution in [0.2, 0.25) is 0 Å². The average molecular weight is 565 g/mol. The van der Waals surface area contributed by atoms with Gasteiger partial charge in [-0.3, -0.25) is 19.7 Å². The Bertz CT molecular complexity index is 1410. The first-order valence-electron chi connectivity index (χ1n) is 12.2. The van der Waals surface area contributed by atoms with Gasteiger partial charge in [-0.15, -0.1) is 0 Å². The fourth-order valence-electron chi connectivity index (χ4n) is 3.54. The molecule has 2 N–H and O–H groups in total. The van der Waals surface area contributed by atoms with E-state index in [4.69, 9.17) is 18.9 Å². The molecule has 0 radical (unpaired) electrons. The van der Waals surface area contributed by atoms with Gasteiger partial charge in [0.2, 0.25) is 11.7 Å².